The molecule has 2 heteroatoms. The Morgan fingerprint density at radius 1 is 1.26 bits per heavy atom. The van der Waals surface area contributed by atoms with Gasteiger partial charge in [0.25, 0.3) is 0 Å². The first-order chi connectivity index (χ1) is 9.02. The maximum atomic E-state index is 5.40. The van der Waals surface area contributed by atoms with E-state index < -0.39 is 0 Å². The zero-order valence-electron chi connectivity index (χ0n) is 12.5. The van der Waals surface area contributed by atoms with Crippen molar-refractivity contribution >= 4 is 5.69 Å². The van der Waals surface area contributed by atoms with Crippen LogP contribution in [-0.4, -0.2) is 13.2 Å². The lowest BCUT2D eigenvalue weighted by Gasteiger charge is -2.49. The molecule has 3 atom stereocenters. The smallest absolute Gasteiger partial charge is 0.119 e. The van der Waals surface area contributed by atoms with Crippen molar-refractivity contribution < 1.29 is 4.74 Å². The lowest BCUT2D eigenvalue weighted by atomic mass is 9.61. The average molecular weight is 259 g/mol. The highest BCUT2D eigenvalue weighted by molar-refractivity contribution is 5.60. The van der Waals surface area contributed by atoms with Crippen molar-refractivity contribution in [3.05, 3.63) is 23.8 Å². The van der Waals surface area contributed by atoms with Crippen LogP contribution in [0.5, 0.6) is 5.75 Å². The van der Waals surface area contributed by atoms with Crippen LogP contribution in [0.4, 0.5) is 5.69 Å². The highest BCUT2D eigenvalue weighted by atomic mass is 16.5. The molecule has 1 N–H and O–H groups in total. The van der Waals surface area contributed by atoms with Crippen LogP contribution in [0.3, 0.4) is 0 Å². The molecule has 1 fully saturated rings. The first-order valence-electron chi connectivity index (χ1n) is 7.47. The molecule has 1 saturated carbocycles. The number of rotatable bonds is 1. The van der Waals surface area contributed by atoms with E-state index in [1.807, 2.05) is 0 Å². The highest BCUT2D eigenvalue weighted by Gasteiger charge is 2.44. The summed E-state index contributed by atoms with van der Waals surface area (Å²) >= 11 is 0. The van der Waals surface area contributed by atoms with Crippen LogP contribution in [0.15, 0.2) is 18.2 Å². The van der Waals surface area contributed by atoms with Crippen molar-refractivity contribution in [1.29, 1.82) is 0 Å². The number of hydrogen-bond donors (Lipinski definition) is 1. The predicted octanol–water partition coefficient (Wildman–Crippen LogP) is 4.20. The van der Waals surface area contributed by atoms with Crippen LogP contribution >= 0.6 is 0 Å². The molecule has 2 nitrogen and oxygen atoms in total. The van der Waals surface area contributed by atoms with Crippen LogP contribution in [0.2, 0.25) is 0 Å². The minimum Gasteiger partial charge on any atom is -0.497 e. The molecule has 3 rings (SSSR count). The third-order valence-corrected chi connectivity index (χ3v) is 5.30. The topological polar surface area (TPSA) is 21.3 Å². The Hall–Kier alpha value is -1.18. The quantitative estimate of drug-likeness (QED) is 0.816. The molecular weight excluding hydrogens is 234 g/mol. The molecule has 0 amide bonds. The van der Waals surface area contributed by atoms with Gasteiger partial charge in [0.1, 0.15) is 5.75 Å². The van der Waals surface area contributed by atoms with Gasteiger partial charge in [0.05, 0.1) is 7.11 Å². The van der Waals surface area contributed by atoms with E-state index >= 15 is 0 Å². The fraction of sp³-hybridized carbons (Fsp3) is 0.647. The maximum absolute atomic E-state index is 5.40. The summed E-state index contributed by atoms with van der Waals surface area (Å²) in [7, 11) is 1.75. The zero-order chi connectivity index (χ0) is 13.6. The molecule has 0 unspecified atom stereocenters. The molecule has 0 aromatic heterocycles. The third-order valence-electron chi connectivity index (χ3n) is 5.30. The normalized spacial score (nSPS) is 31.9. The van der Waals surface area contributed by atoms with Crippen LogP contribution < -0.4 is 10.1 Å². The third kappa shape index (κ3) is 2.01. The van der Waals surface area contributed by atoms with Crippen molar-refractivity contribution in [3.63, 3.8) is 0 Å². The van der Waals surface area contributed by atoms with Crippen molar-refractivity contribution in [2.75, 3.05) is 12.4 Å². The second-order valence-corrected chi connectivity index (χ2v) is 6.91. The van der Waals surface area contributed by atoms with E-state index in [4.69, 9.17) is 4.74 Å². The first kappa shape index (κ1) is 12.8. The Morgan fingerprint density at radius 3 is 2.79 bits per heavy atom. The number of hydrogen-bond acceptors (Lipinski definition) is 2. The molecule has 104 valence electrons. The Balaban J connectivity index is 2.02. The fourth-order valence-corrected chi connectivity index (χ4v) is 4.11. The van der Waals surface area contributed by atoms with Crippen molar-refractivity contribution in [2.45, 2.75) is 51.5 Å². The number of fused-ring (bicyclic) bond motifs is 2. The molecule has 0 radical (unpaired) electrons. The lowest BCUT2D eigenvalue weighted by molar-refractivity contribution is 0.173. The molecule has 1 aromatic rings. The highest BCUT2D eigenvalue weighted by Crippen LogP contribution is 2.49. The summed E-state index contributed by atoms with van der Waals surface area (Å²) in [6, 6.07) is 7.11. The molecule has 1 aliphatic heterocycles. The first-order valence-corrected chi connectivity index (χ1v) is 7.47. The van der Waals surface area contributed by atoms with Gasteiger partial charge in [-0.3, -0.25) is 0 Å². The second-order valence-electron chi connectivity index (χ2n) is 6.91. The summed E-state index contributed by atoms with van der Waals surface area (Å²) in [5.41, 5.74) is 2.96. The summed E-state index contributed by atoms with van der Waals surface area (Å²) in [4.78, 5) is 0. The molecule has 1 heterocycles. The van der Waals surface area contributed by atoms with Gasteiger partial charge in [-0.05, 0) is 53.9 Å². The Morgan fingerprint density at radius 2 is 2.05 bits per heavy atom. The molecule has 1 aromatic carbocycles. The summed E-state index contributed by atoms with van der Waals surface area (Å²) in [6.45, 7) is 7.19. The number of nitrogens with one attached hydrogen (secondary N) is 1. The minimum absolute atomic E-state index is 0.236. The zero-order valence-corrected chi connectivity index (χ0v) is 12.5. The van der Waals surface area contributed by atoms with Gasteiger partial charge >= 0.3 is 0 Å². The predicted molar refractivity (Wildman–Crippen MR) is 79.9 cm³/mol. The second kappa shape index (κ2) is 4.43. The van der Waals surface area contributed by atoms with E-state index in [1.54, 1.807) is 7.11 Å². The monoisotopic (exact) mass is 259 g/mol. The van der Waals surface area contributed by atoms with Gasteiger partial charge in [-0.15, -0.1) is 0 Å². The van der Waals surface area contributed by atoms with Gasteiger partial charge in [-0.25, -0.2) is 0 Å². The summed E-state index contributed by atoms with van der Waals surface area (Å²) < 4.78 is 5.40. The van der Waals surface area contributed by atoms with Crippen molar-refractivity contribution in [1.82, 2.24) is 0 Å². The standard InChI is InChI=1S/C17H25NO/c1-11-5-7-13-16(9-11)18-15-8-6-12(19-4)10-14(15)17(13,2)3/h6,8,10-11,13,16,18H,5,7,9H2,1-4H3/t11-,13-,16-/m1/s1. The van der Waals surface area contributed by atoms with E-state index in [9.17, 15) is 0 Å². The van der Waals surface area contributed by atoms with Crippen LogP contribution in [0.25, 0.3) is 0 Å². The van der Waals surface area contributed by atoms with Crippen LogP contribution in [0, 0.1) is 11.8 Å². The number of anilines is 1. The van der Waals surface area contributed by atoms with Gasteiger partial charge in [-0.2, -0.15) is 0 Å². The van der Waals surface area contributed by atoms with E-state index in [2.05, 4.69) is 44.3 Å². The van der Waals surface area contributed by atoms with Crippen molar-refractivity contribution in [3.8, 4) is 5.75 Å². The van der Waals surface area contributed by atoms with Gasteiger partial charge in [0, 0.05) is 11.7 Å². The average Bonchev–Trinajstić information content (AvgIpc) is 2.38. The lowest BCUT2D eigenvalue weighted by Crippen LogP contribution is -2.48. The van der Waals surface area contributed by atoms with E-state index in [0.717, 1.165) is 17.6 Å². The summed E-state index contributed by atoms with van der Waals surface area (Å²) in [6.07, 6.45) is 4.01. The number of methoxy groups -OCH3 is 1. The molecule has 0 bridgehead atoms. The van der Waals surface area contributed by atoms with Crippen LogP contribution in [-0.2, 0) is 5.41 Å². The van der Waals surface area contributed by atoms with E-state index in [1.165, 1.54) is 30.5 Å². The number of ether oxygens (including phenoxy) is 1. The Kier molecular flexibility index (Phi) is 2.99. The van der Waals surface area contributed by atoms with Gasteiger partial charge in [0.15, 0.2) is 0 Å². The van der Waals surface area contributed by atoms with E-state index in [-0.39, 0.29) is 5.41 Å². The molecule has 0 saturated heterocycles. The minimum atomic E-state index is 0.236. The molecule has 19 heavy (non-hydrogen) atoms. The van der Waals surface area contributed by atoms with E-state index in [0.29, 0.717) is 6.04 Å². The largest absolute Gasteiger partial charge is 0.497 e. The van der Waals surface area contributed by atoms with Crippen LogP contribution in [0.1, 0.15) is 45.6 Å². The Labute approximate surface area is 116 Å². The SMILES string of the molecule is COc1ccc2c(c1)C(C)(C)[C@@H]1CC[C@@H](C)C[C@H]1N2. The summed E-state index contributed by atoms with van der Waals surface area (Å²) in [5, 5.41) is 3.78. The molecule has 2 aliphatic rings. The van der Waals surface area contributed by atoms with Gasteiger partial charge < -0.3 is 10.1 Å². The molecule has 1 aliphatic carbocycles. The molecule has 0 spiro atoms. The van der Waals surface area contributed by atoms with Crippen molar-refractivity contribution in [2.24, 2.45) is 11.8 Å². The Bertz CT molecular complexity index is 480. The summed E-state index contributed by atoms with van der Waals surface area (Å²) in [5.74, 6) is 2.56. The van der Waals surface area contributed by atoms with Gasteiger partial charge in [0.2, 0.25) is 0 Å². The van der Waals surface area contributed by atoms with Gasteiger partial charge in [-0.1, -0.05) is 27.2 Å². The fourth-order valence-electron chi connectivity index (χ4n) is 4.11. The number of benzene rings is 1. The maximum Gasteiger partial charge on any atom is 0.119 e. The molecular formula is C17H25NO.